The molecule has 2 unspecified atom stereocenters. The van der Waals surface area contributed by atoms with E-state index in [9.17, 15) is 9.90 Å². The van der Waals surface area contributed by atoms with E-state index in [1.54, 1.807) is 17.0 Å². The number of nitrogens with zero attached hydrogens (tertiary/aromatic N) is 1. The van der Waals surface area contributed by atoms with Crippen LogP contribution in [0.15, 0.2) is 30.3 Å². The van der Waals surface area contributed by atoms with Gasteiger partial charge in [0.25, 0.3) is 5.91 Å². The predicted octanol–water partition coefficient (Wildman–Crippen LogP) is 1.18. The second kappa shape index (κ2) is 6.68. The SMILES string of the molecule is CNCC1CCCN(C(=O)C(O)c2ccccc2)C1. The molecule has 0 spiro atoms. The third kappa shape index (κ3) is 3.55. The molecule has 1 amide bonds. The van der Waals surface area contributed by atoms with Gasteiger partial charge in [-0.25, -0.2) is 0 Å². The third-order valence-corrected chi connectivity index (χ3v) is 3.67. The van der Waals surface area contributed by atoms with Gasteiger partial charge < -0.3 is 15.3 Å². The Bertz CT molecular complexity index is 406. The molecular weight excluding hydrogens is 240 g/mol. The summed E-state index contributed by atoms with van der Waals surface area (Å²) in [5, 5.41) is 13.3. The Balaban J connectivity index is 1.99. The Hall–Kier alpha value is -1.39. The minimum Gasteiger partial charge on any atom is -0.378 e. The van der Waals surface area contributed by atoms with Crippen LogP contribution >= 0.6 is 0 Å². The van der Waals surface area contributed by atoms with Crippen molar-refractivity contribution in [2.45, 2.75) is 18.9 Å². The zero-order chi connectivity index (χ0) is 13.7. The van der Waals surface area contributed by atoms with Crippen LogP contribution in [0.1, 0.15) is 24.5 Å². The van der Waals surface area contributed by atoms with Crippen LogP contribution in [0.5, 0.6) is 0 Å². The number of aliphatic hydroxyl groups is 1. The fourth-order valence-electron chi connectivity index (χ4n) is 2.67. The van der Waals surface area contributed by atoms with Gasteiger partial charge >= 0.3 is 0 Å². The van der Waals surface area contributed by atoms with Crippen molar-refractivity contribution in [3.63, 3.8) is 0 Å². The summed E-state index contributed by atoms with van der Waals surface area (Å²) >= 11 is 0. The smallest absolute Gasteiger partial charge is 0.256 e. The number of piperidine rings is 1. The molecule has 0 saturated carbocycles. The van der Waals surface area contributed by atoms with Crippen molar-refractivity contribution in [2.75, 3.05) is 26.7 Å². The average Bonchev–Trinajstić information content (AvgIpc) is 2.47. The van der Waals surface area contributed by atoms with Crippen LogP contribution in [-0.2, 0) is 4.79 Å². The molecule has 0 radical (unpaired) electrons. The summed E-state index contributed by atoms with van der Waals surface area (Å²) in [6.07, 6.45) is 1.13. The highest BCUT2D eigenvalue weighted by molar-refractivity contribution is 5.82. The van der Waals surface area contributed by atoms with E-state index in [1.165, 1.54) is 0 Å². The molecule has 1 aromatic rings. The van der Waals surface area contributed by atoms with Gasteiger partial charge in [0.15, 0.2) is 6.10 Å². The molecule has 0 aliphatic carbocycles. The van der Waals surface area contributed by atoms with Crippen LogP contribution in [0.4, 0.5) is 0 Å². The van der Waals surface area contributed by atoms with Gasteiger partial charge in [0.05, 0.1) is 0 Å². The Labute approximate surface area is 114 Å². The summed E-state index contributed by atoms with van der Waals surface area (Å²) in [6.45, 7) is 2.41. The molecule has 19 heavy (non-hydrogen) atoms. The molecular formula is C15H22N2O2. The highest BCUT2D eigenvalue weighted by Crippen LogP contribution is 2.21. The van der Waals surface area contributed by atoms with Crippen molar-refractivity contribution in [3.8, 4) is 0 Å². The standard InChI is InChI=1S/C15H22N2O2/c1-16-10-12-6-5-9-17(11-12)15(19)14(18)13-7-3-2-4-8-13/h2-4,7-8,12,14,16,18H,5-6,9-11H2,1H3. The summed E-state index contributed by atoms with van der Waals surface area (Å²) in [6, 6.07) is 9.14. The Kier molecular flexibility index (Phi) is 4.93. The number of carbonyl (C=O) groups excluding carboxylic acids is 1. The Morgan fingerprint density at radius 2 is 2.21 bits per heavy atom. The molecule has 0 bridgehead atoms. The monoisotopic (exact) mass is 262 g/mol. The van der Waals surface area contributed by atoms with Crippen LogP contribution < -0.4 is 5.32 Å². The molecule has 2 N–H and O–H groups in total. The van der Waals surface area contributed by atoms with E-state index in [0.29, 0.717) is 11.5 Å². The predicted molar refractivity (Wildman–Crippen MR) is 74.6 cm³/mol. The van der Waals surface area contributed by atoms with E-state index in [2.05, 4.69) is 5.32 Å². The van der Waals surface area contributed by atoms with Crippen LogP contribution in [0.25, 0.3) is 0 Å². The zero-order valence-electron chi connectivity index (χ0n) is 11.4. The van der Waals surface area contributed by atoms with Crippen LogP contribution in [-0.4, -0.2) is 42.6 Å². The molecule has 4 heteroatoms. The summed E-state index contributed by atoms with van der Waals surface area (Å²) < 4.78 is 0. The zero-order valence-corrected chi connectivity index (χ0v) is 11.4. The Morgan fingerprint density at radius 3 is 2.89 bits per heavy atom. The van der Waals surface area contributed by atoms with E-state index in [0.717, 1.165) is 32.5 Å². The van der Waals surface area contributed by atoms with Crippen molar-refractivity contribution in [1.82, 2.24) is 10.2 Å². The first kappa shape index (κ1) is 14.0. The second-order valence-electron chi connectivity index (χ2n) is 5.16. The number of carbonyl (C=O) groups is 1. The number of hydrogen-bond acceptors (Lipinski definition) is 3. The second-order valence-corrected chi connectivity index (χ2v) is 5.16. The lowest BCUT2D eigenvalue weighted by Crippen LogP contribution is -2.44. The summed E-state index contributed by atoms with van der Waals surface area (Å²) in [5.41, 5.74) is 0.670. The van der Waals surface area contributed by atoms with Crippen molar-refractivity contribution in [2.24, 2.45) is 5.92 Å². The maximum Gasteiger partial charge on any atom is 0.256 e. The largest absolute Gasteiger partial charge is 0.378 e. The molecule has 4 nitrogen and oxygen atoms in total. The molecule has 1 aliphatic rings. The summed E-state index contributed by atoms with van der Waals surface area (Å²) in [4.78, 5) is 14.1. The Morgan fingerprint density at radius 1 is 1.47 bits per heavy atom. The first-order valence-corrected chi connectivity index (χ1v) is 6.88. The highest BCUT2D eigenvalue weighted by Gasteiger charge is 2.28. The summed E-state index contributed by atoms with van der Waals surface area (Å²) in [5.74, 6) is 0.317. The first-order chi connectivity index (χ1) is 9.22. The highest BCUT2D eigenvalue weighted by atomic mass is 16.3. The fraction of sp³-hybridized carbons (Fsp3) is 0.533. The molecule has 1 aromatic carbocycles. The number of nitrogens with one attached hydrogen (secondary N) is 1. The minimum atomic E-state index is -1.03. The molecule has 2 atom stereocenters. The number of aliphatic hydroxyl groups excluding tert-OH is 1. The van der Waals surface area contributed by atoms with E-state index in [-0.39, 0.29) is 5.91 Å². The quantitative estimate of drug-likeness (QED) is 0.856. The lowest BCUT2D eigenvalue weighted by molar-refractivity contribution is -0.142. The molecule has 1 heterocycles. The van der Waals surface area contributed by atoms with Gasteiger partial charge in [-0.2, -0.15) is 0 Å². The van der Waals surface area contributed by atoms with Crippen LogP contribution in [0.2, 0.25) is 0 Å². The summed E-state index contributed by atoms with van der Waals surface area (Å²) in [7, 11) is 1.93. The van der Waals surface area contributed by atoms with Crippen LogP contribution in [0, 0.1) is 5.92 Å². The van der Waals surface area contributed by atoms with Gasteiger partial charge in [-0.05, 0) is 37.9 Å². The molecule has 1 fully saturated rings. The van der Waals surface area contributed by atoms with Gasteiger partial charge in [-0.1, -0.05) is 30.3 Å². The van der Waals surface area contributed by atoms with Gasteiger partial charge in [-0.15, -0.1) is 0 Å². The number of benzene rings is 1. The molecule has 1 aliphatic heterocycles. The van der Waals surface area contributed by atoms with Crippen molar-refractivity contribution >= 4 is 5.91 Å². The maximum absolute atomic E-state index is 12.3. The topological polar surface area (TPSA) is 52.6 Å². The van der Waals surface area contributed by atoms with Gasteiger partial charge in [0.1, 0.15) is 0 Å². The van der Waals surface area contributed by atoms with Crippen molar-refractivity contribution < 1.29 is 9.90 Å². The number of likely N-dealkylation sites (tertiary alicyclic amines) is 1. The lowest BCUT2D eigenvalue weighted by Gasteiger charge is -2.34. The van der Waals surface area contributed by atoms with Crippen molar-refractivity contribution in [1.29, 1.82) is 0 Å². The molecule has 1 saturated heterocycles. The first-order valence-electron chi connectivity index (χ1n) is 6.88. The third-order valence-electron chi connectivity index (χ3n) is 3.67. The molecule has 104 valence electrons. The van der Waals surface area contributed by atoms with Crippen LogP contribution in [0.3, 0.4) is 0 Å². The van der Waals surface area contributed by atoms with E-state index >= 15 is 0 Å². The van der Waals surface area contributed by atoms with Gasteiger partial charge in [0.2, 0.25) is 0 Å². The number of rotatable bonds is 4. The molecule has 0 aromatic heterocycles. The van der Waals surface area contributed by atoms with Crippen molar-refractivity contribution in [3.05, 3.63) is 35.9 Å². The number of hydrogen-bond donors (Lipinski definition) is 2. The maximum atomic E-state index is 12.3. The fourth-order valence-corrected chi connectivity index (χ4v) is 2.67. The van der Waals surface area contributed by atoms with Gasteiger partial charge in [-0.3, -0.25) is 4.79 Å². The number of amides is 1. The van der Waals surface area contributed by atoms with Gasteiger partial charge in [0, 0.05) is 13.1 Å². The van der Waals surface area contributed by atoms with E-state index in [4.69, 9.17) is 0 Å². The van der Waals surface area contributed by atoms with E-state index in [1.807, 2.05) is 25.2 Å². The minimum absolute atomic E-state index is 0.174. The average molecular weight is 262 g/mol. The lowest BCUT2D eigenvalue weighted by atomic mass is 9.97. The molecule has 2 rings (SSSR count). The normalized spacial score (nSPS) is 21.2. The van der Waals surface area contributed by atoms with E-state index < -0.39 is 6.10 Å².